The minimum Gasteiger partial charge on any atom is -0.486 e. The van der Waals surface area contributed by atoms with E-state index in [1.165, 1.54) is 5.56 Å². The van der Waals surface area contributed by atoms with Crippen molar-refractivity contribution in [3.05, 3.63) is 59.4 Å². The highest BCUT2D eigenvalue weighted by atomic mass is 16.6. The first-order valence-electron chi connectivity index (χ1n) is 9.50. The monoisotopic (exact) mass is 381 g/mol. The van der Waals surface area contributed by atoms with Gasteiger partial charge >= 0.3 is 0 Å². The van der Waals surface area contributed by atoms with E-state index in [4.69, 9.17) is 9.47 Å². The molecule has 2 aliphatic heterocycles. The molecule has 8 heteroatoms. The summed E-state index contributed by atoms with van der Waals surface area (Å²) in [6, 6.07) is 8.13. The number of hydrogen-bond donors (Lipinski definition) is 1. The predicted octanol–water partition coefficient (Wildman–Crippen LogP) is 1.49. The van der Waals surface area contributed by atoms with E-state index in [-0.39, 0.29) is 0 Å². The predicted molar refractivity (Wildman–Crippen MR) is 101 cm³/mol. The lowest BCUT2D eigenvalue weighted by atomic mass is 10.1. The Labute approximate surface area is 162 Å². The molecule has 1 atom stereocenters. The molecule has 0 amide bonds. The third kappa shape index (κ3) is 3.14. The Morgan fingerprint density at radius 1 is 1.14 bits per heavy atom. The van der Waals surface area contributed by atoms with Gasteiger partial charge in [0, 0.05) is 39.1 Å². The Morgan fingerprint density at radius 2 is 2.00 bits per heavy atom. The van der Waals surface area contributed by atoms with E-state index >= 15 is 0 Å². The zero-order valence-corrected chi connectivity index (χ0v) is 15.8. The maximum absolute atomic E-state index is 10.6. The number of ether oxygens (including phenoxy) is 2. The average Bonchev–Trinajstić information content (AvgIpc) is 3.33. The molecular weight excluding hydrogens is 358 g/mol. The van der Waals surface area contributed by atoms with Crippen molar-refractivity contribution in [2.75, 3.05) is 19.8 Å². The maximum atomic E-state index is 10.6. The number of aliphatic hydroxyl groups is 1. The summed E-state index contributed by atoms with van der Waals surface area (Å²) < 4.78 is 15.1. The summed E-state index contributed by atoms with van der Waals surface area (Å²) in [5.74, 6) is 2.24. The lowest BCUT2D eigenvalue weighted by Crippen LogP contribution is -2.33. The quantitative estimate of drug-likeness (QED) is 0.738. The molecule has 28 heavy (non-hydrogen) atoms. The SMILES string of the molecule is Cn1ccnc1C(O)c1cc2n(n1)CCN(Cc1ccc3c(c1)OCCO3)C2. The summed E-state index contributed by atoms with van der Waals surface area (Å²) in [7, 11) is 1.87. The van der Waals surface area contributed by atoms with Gasteiger partial charge in [-0.2, -0.15) is 5.10 Å². The van der Waals surface area contributed by atoms with Gasteiger partial charge < -0.3 is 19.1 Å². The Hall–Kier alpha value is -2.84. The minimum atomic E-state index is -0.815. The van der Waals surface area contributed by atoms with Gasteiger partial charge in [-0.3, -0.25) is 9.58 Å². The number of hydrogen-bond acceptors (Lipinski definition) is 6. The molecule has 3 aromatic rings. The molecule has 8 nitrogen and oxygen atoms in total. The maximum Gasteiger partial charge on any atom is 0.161 e. The van der Waals surface area contributed by atoms with E-state index in [1.807, 2.05) is 34.6 Å². The molecule has 5 rings (SSSR count). The molecule has 146 valence electrons. The van der Waals surface area contributed by atoms with Crippen LogP contribution in [-0.2, 0) is 26.7 Å². The van der Waals surface area contributed by atoms with E-state index in [0.29, 0.717) is 24.7 Å². The van der Waals surface area contributed by atoms with Gasteiger partial charge in [0.25, 0.3) is 0 Å². The molecule has 2 aromatic heterocycles. The van der Waals surface area contributed by atoms with Crippen LogP contribution in [0.15, 0.2) is 36.7 Å². The van der Waals surface area contributed by atoms with Gasteiger partial charge in [-0.15, -0.1) is 0 Å². The molecule has 1 aromatic carbocycles. The second kappa shape index (κ2) is 6.96. The third-order valence-electron chi connectivity index (χ3n) is 5.29. The van der Waals surface area contributed by atoms with Crippen LogP contribution < -0.4 is 9.47 Å². The molecule has 4 heterocycles. The van der Waals surface area contributed by atoms with Gasteiger partial charge in [0.05, 0.1) is 17.9 Å². The molecule has 0 bridgehead atoms. The van der Waals surface area contributed by atoms with E-state index in [2.05, 4.69) is 27.1 Å². The molecule has 2 aliphatic rings. The van der Waals surface area contributed by atoms with Crippen LogP contribution in [0, 0.1) is 0 Å². The number of aromatic nitrogens is 4. The van der Waals surface area contributed by atoms with E-state index in [0.717, 1.165) is 43.4 Å². The summed E-state index contributed by atoms with van der Waals surface area (Å²) in [5, 5.41) is 15.2. The fourth-order valence-electron chi connectivity index (χ4n) is 3.83. The number of aryl methyl sites for hydroxylation is 1. The van der Waals surface area contributed by atoms with Crippen molar-refractivity contribution in [2.24, 2.45) is 7.05 Å². The van der Waals surface area contributed by atoms with E-state index in [1.54, 1.807) is 6.20 Å². The summed E-state index contributed by atoms with van der Waals surface area (Å²) in [5.41, 5.74) is 2.95. The third-order valence-corrected chi connectivity index (χ3v) is 5.29. The zero-order chi connectivity index (χ0) is 19.1. The molecule has 0 saturated heterocycles. The van der Waals surface area contributed by atoms with Gasteiger partial charge in [-0.25, -0.2) is 4.98 Å². The first-order valence-corrected chi connectivity index (χ1v) is 9.50. The van der Waals surface area contributed by atoms with Crippen molar-refractivity contribution in [2.45, 2.75) is 25.7 Å². The van der Waals surface area contributed by atoms with Crippen molar-refractivity contribution in [3.63, 3.8) is 0 Å². The summed E-state index contributed by atoms with van der Waals surface area (Å²) in [6.45, 7) is 4.53. The van der Waals surface area contributed by atoms with E-state index < -0.39 is 6.10 Å². The normalized spacial score (nSPS) is 17.4. The van der Waals surface area contributed by atoms with Crippen LogP contribution in [0.2, 0.25) is 0 Å². The first-order chi connectivity index (χ1) is 13.7. The highest BCUT2D eigenvalue weighted by molar-refractivity contribution is 5.43. The Morgan fingerprint density at radius 3 is 2.82 bits per heavy atom. The number of nitrogens with zero attached hydrogens (tertiary/aromatic N) is 5. The second-order valence-corrected chi connectivity index (χ2v) is 7.27. The van der Waals surface area contributed by atoms with Crippen molar-refractivity contribution >= 4 is 0 Å². The fraction of sp³-hybridized carbons (Fsp3) is 0.400. The highest BCUT2D eigenvalue weighted by Gasteiger charge is 2.24. The Balaban J connectivity index is 1.30. The van der Waals surface area contributed by atoms with Crippen molar-refractivity contribution < 1.29 is 14.6 Å². The van der Waals surface area contributed by atoms with Crippen LogP contribution in [0.4, 0.5) is 0 Å². The molecular formula is C20H23N5O3. The summed E-state index contributed by atoms with van der Waals surface area (Å²) in [4.78, 5) is 6.61. The van der Waals surface area contributed by atoms with Gasteiger partial charge in [0.15, 0.2) is 17.6 Å². The van der Waals surface area contributed by atoms with Crippen LogP contribution in [-0.4, -0.2) is 49.1 Å². The summed E-state index contributed by atoms with van der Waals surface area (Å²) in [6.07, 6.45) is 2.69. The van der Waals surface area contributed by atoms with Crippen LogP contribution >= 0.6 is 0 Å². The number of benzene rings is 1. The molecule has 0 saturated carbocycles. The van der Waals surface area contributed by atoms with Crippen molar-refractivity contribution in [1.82, 2.24) is 24.2 Å². The van der Waals surface area contributed by atoms with Gasteiger partial charge in [0.2, 0.25) is 0 Å². The zero-order valence-electron chi connectivity index (χ0n) is 15.8. The fourth-order valence-corrected chi connectivity index (χ4v) is 3.83. The number of fused-ring (bicyclic) bond motifs is 2. The highest BCUT2D eigenvalue weighted by Crippen LogP contribution is 2.31. The van der Waals surface area contributed by atoms with Crippen LogP contribution in [0.3, 0.4) is 0 Å². The van der Waals surface area contributed by atoms with Crippen molar-refractivity contribution in [1.29, 1.82) is 0 Å². The lowest BCUT2D eigenvalue weighted by molar-refractivity contribution is 0.170. The summed E-state index contributed by atoms with van der Waals surface area (Å²) >= 11 is 0. The second-order valence-electron chi connectivity index (χ2n) is 7.27. The minimum absolute atomic E-state index is 0.598. The average molecular weight is 381 g/mol. The Kier molecular flexibility index (Phi) is 4.29. The van der Waals surface area contributed by atoms with Crippen LogP contribution in [0.25, 0.3) is 0 Å². The molecule has 1 unspecified atom stereocenters. The molecule has 1 N–H and O–H groups in total. The number of imidazole rings is 1. The van der Waals surface area contributed by atoms with Gasteiger partial charge in [-0.05, 0) is 23.8 Å². The van der Waals surface area contributed by atoms with Crippen LogP contribution in [0.5, 0.6) is 11.5 Å². The first kappa shape index (κ1) is 17.3. The molecule has 0 spiro atoms. The lowest BCUT2D eigenvalue weighted by Gasteiger charge is -2.28. The molecule has 0 fully saturated rings. The number of rotatable bonds is 4. The number of aliphatic hydroxyl groups excluding tert-OH is 1. The van der Waals surface area contributed by atoms with Crippen LogP contribution in [0.1, 0.15) is 28.9 Å². The Bertz CT molecular complexity index is 996. The largest absolute Gasteiger partial charge is 0.486 e. The topological polar surface area (TPSA) is 77.6 Å². The standard InChI is InChI=1S/C20H23N5O3/c1-23-5-4-21-20(23)19(26)16-11-15-13-24(6-7-25(15)22-16)12-14-2-3-17-18(10-14)28-9-8-27-17/h2-5,10-11,19,26H,6-9,12-13H2,1H3. The van der Waals surface area contributed by atoms with E-state index in [9.17, 15) is 5.11 Å². The van der Waals surface area contributed by atoms with Gasteiger partial charge in [0.1, 0.15) is 19.0 Å². The smallest absolute Gasteiger partial charge is 0.161 e. The van der Waals surface area contributed by atoms with Gasteiger partial charge in [-0.1, -0.05) is 6.07 Å². The molecule has 0 aliphatic carbocycles. The van der Waals surface area contributed by atoms with Crippen molar-refractivity contribution in [3.8, 4) is 11.5 Å². The molecule has 0 radical (unpaired) electrons.